The van der Waals surface area contributed by atoms with E-state index in [1.165, 1.54) is 4.90 Å². The molecule has 1 atom stereocenters. The lowest BCUT2D eigenvalue weighted by molar-refractivity contribution is -0.121. The Morgan fingerprint density at radius 2 is 1.74 bits per heavy atom. The first-order chi connectivity index (χ1) is 11.0. The fourth-order valence-electron chi connectivity index (χ4n) is 2.50. The number of benzene rings is 2. The predicted molar refractivity (Wildman–Crippen MR) is 93.3 cm³/mol. The molecule has 23 heavy (non-hydrogen) atoms. The summed E-state index contributed by atoms with van der Waals surface area (Å²) in [4.78, 5) is 25.9. The van der Waals surface area contributed by atoms with Gasteiger partial charge >= 0.3 is 0 Å². The summed E-state index contributed by atoms with van der Waals surface area (Å²) >= 11 is 9.19. The third-order valence-corrected chi connectivity index (χ3v) is 4.48. The highest BCUT2D eigenvalue weighted by Crippen LogP contribution is 2.24. The van der Waals surface area contributed by atoms with Gasteiger partial charge in [0, 0.05) is 16.0 Å². The number of amides is 2. The molecule has 2 aromatic rings. The van der Waals surface area contributed by atoms with Crippen molar-refractivity contribution in [2.45, 2.75) is 19.0 Å². The van der Waals surface area contributed by atoms with E-state index in [2.05, 4.69) is 21.2 Å². The predicted octanol–water partition coefficient (Wildman–Crippen LogP) is 3.52. The van der Waals surface area contributed by atoms with Gasteiger partial charge in [0.05, 0.1) is 18.2 Å². The molecule has 0 aliphatic carbocycles. The van der Waals surface area contributed by atoms with Crippen LogP contribution in [0.15, 0.2) is 53.0 Å². The summed E-state index contributed by atoms with van der Waals surface area (Å²) in [5.74, 6) is -0.405. The molecule has 1 unspecified atom stereocenters. The second kappa shape index (κ2) is 6.83. The van der Waals surface area contributed by atoms with E-state index in [0.29, 0.717) is 17.3 Å². The Bertz CT molecular complexity index is 731. The average Bonchev–Trinajstić information content (AvgIpc) is 2.82. The lowest BCUT2D eigenvalue weighted by Gasteiger charge is -2.15. The van der Waals surface area contributed by atoms with E-state index in [9.17, 15) is 9.59 Å². The lowest BCUT2D eigenvalue weighted by atomic mass is 10.2. The van der Waals surface area contributed by atoms with Crippen LogP contribution in [0.2, 0.25) is 5.02 Å². The van der Waals surface area contributed by atoms with Crippen LogP contribution in [-0.2, 0) is 16.1 Å². The zero-order valence-electron chi connectivity index (χ0n) is 12.1. The topological polar surface area (TPSA) is 49.4 Å². The van der Waals surface area contributed by atoms with Crippen molar-refractivity contribution in [2.24, 2.45) is 0 Å². The van der Waals surface area contributed by atoms with E-state index in [4.69, 9.17) is 11.6 Å². The molecule has 0 radical (unpaired) electrons. The van der Waals surface area contributed by atoms with E-state index in [0.717, 1.165) is 10.0 Å². The van der Waals surface area contributed by atoms with Crippen molar-refractivity contribution in [2.75, 3.05) is 4.90 Å². The molecule has 1 aliphatic heterocycles. The minimum atomic E-state index is -0.498. The molecule has 6 heteroatoms. The summed E-state index contributed by atoms with van der Waals surface area (Å²) < 4.78 is 0.901. The Balaban J connectivity index is 1.68. The van der Waals surface area contributed by atoms with Gasteiger partial charge in [0.25, 0.3) is 5.91 Å². The third kappa shape index (κ3) is 3.63. The summed E-state index contributed by atoms with van der Waals surface area (Å²) in [6.07, 6.45) is 0.169. The van der Waals surface area contributed by atoms with Crippen molar-refractivity contribution in [1.29, 1.82) is 0 Å². The lowest BCUT2D eigenvalue weighted by Crippen LogP contribution is -2.38. The van der Waals surface area contributed by atoms with Gasteiger partial charge in [-0.15, -0.1) is 0 Å². The maximum Gasteiger partial charge on any atom is 0.251 e. The summed E-state index contributed by atoms with van der Waals surface area (Å²) in [6.45, 7) is 0.509. The maximum atomic E-state index is 12.5. The molecule has 0 bridgehead atoms. The van der Waals surface area contributed by atoms with Crippen LogP contribution in [0.5, 0.6) is 0 Å². The second-order valence-electron chi connectivity index (χ2n) is 5.31. The first-order valence-corrected chi connectivity index (χ1v) is 8.32. The molecule has 0 spiro atoms. The highest BCUT2D eigenvalue weighted by molar-refractivity contribution is 9.10. The number of anilines is 1. The van der Waals surface area contributed by atoms with Crippen molar-refractivity contribution in [3.63, 3.8) is 0 Å². The number of rotatable bonds is 4. The molecular formula is C17H14BrClN2O2. The minimum absolute atomic E-state index is 0.169. The molecule has 3 rings (SSSR count). The Labute approximate surface area is 147 Å². The summed E-state index contributed by atoms with van der Waals surface area (Å²) in [7, 11) is 0. The number of nitrogens with zero attached hydrogens (tertiary/aromatic N) is 1. The fourth-order valence-corrected chi connectivity index (χ4v) is 2.89. The van der Waals surface area contributed by atoms with Crippen molar-refractivity contribution in [3.8, 4) is 0 Å². The van der Waals surface area contributed by atoms with Crippen LogP contribution in [0.4, 0.5) is 5.69 Å². The molecule has 1 heterocycles. The van der Waals surface area contributed by atoms with Crippen molar-refractivity contribution in [1.82, 2.24) is 5.32 Å². The Morgan fingerprint density at radius 1 is 1.09 bits per heavy atom. The van der Waals surface area contributed by atoms with Crippen LogP contribution in [0.25, 0.3) is 0 Å². The van der Waals surface area contributed by atoms with Gasteiger partial charge in [-0.25, -0.2) is 4.90 Å². The monoisotopic (exact) mass is 392 g/mol. The second-order valence-corrected chi connectivity index (χ2v) is 6.66. The molecule has 2 amide bonds. The van der Waals surface area contributed by atoms with E-state index in [1.807, 2.05) is 24.3 Å². The normalized spacial score (nSPS) is 17.8. The molecule has 118 valence electrons. The average molecular weight is 394 g/mol. The number of nitrogens with one attached hydrogen (secondary N) is 1. The van der Waals surface area contributed by atoms with Crippen LogP contribution in [-0.4, -0.2) is 17.9 Å². The molecule has 2 aromatic carbocycles. The minimum Gasteiger partial charge on any atom is -0.301 e. The van der Waals surface area contributed by atoms with Crippen molar-refractivity contribution >= 4 is 45.0 Å². The molecular weight excluding hydrogens is 380 g/mol. The molecule has 1 aliphatic rings. The number of halogens is 2. The highest BCUT2D eigenvalue weighted by atomic mass is 79.9. The SMILES string of the molecule is O=C1CC(NCc2ccc(Cl)cc2)C(=O)N1c1ccc(Br)cc1. The molecule has 1 N–H and O–H groups in total. The largest absolute Gasteiger partial charge is 0.301 e. The summed E-state index contributed by atoms with van der Waals surface area (Å²) in [6, 6.07) is 14.0. The van der Waals surface area contributed by atoms with Gasteiger partial charge in [-0.1, -0.05) is 39.7 Å². The first kappa shape index (κ1) is 16.2. The molecule has 0 aromatic heterocycles. The maximum absolute atomic E-state index is 12.5. The van der Waals surface area contributed by atoms with Gasteiger partial charge < -0.3 is 5.32 Å². The Hall–Kier alpha value is -1.69. The van der Waals surface area contributed by atoms with Crippen LogP contribution in [0, 0.1) is 0 Å². The van der Waals surface area contributed by atoms with Gasteiger partial charge in [0.15, 0.2) is 0 Å². The number of carbonyl (C=O) groups is 2. The Morgan fingerprint density at radius 3 is 2.39 bits per heavy atom. The van der Waals surface area contributed by atoms with Gasteiger partial charge in [-0.3, -0.25) is 9.59 Å². The fraction of sp³-hybridized carbons (Fsp3) is 0.176. The zero-order valence-corrected chi connectivity index (χ0v) is 14.5. The highest BCUT2D eigenvalue weighted by Gasteiger charge is 2.39. The van der Waals surface area contributed by atoms with E-state index >= 15 is 0 Å². The van der Waals surface area contributed by atoms with Crippen molar-refractivity contribution < 1.29 is 9.59 Å². The van der Waals surface area contributed by atoms with Crippen molar-refractivity contribution in [3.05, 3.63) is 63.6 Å². The number of carbonyl (C=O) groups excluding carboxylic acids is 2. The molecule has 1 fully saturated rings. The zero-order chi connectivity index (χ0) is 16.4. The summed E-state index contributed by atoms with van der Waals surface area (Å²) in [5, 5.41) is 3.81. The third-order valence-electron chi connectivity index (χ3n) is 3.70. The molecule has 4 nitrogen and oxygen atoms in total. The van der Waals surface area contributed by atoms with Gasteiger partial charge in [-0.05, 0) is 42.0 Å². The van der Waals surface area contributed by atoms with Crippen LogP contribution in [0.3, 0.4) is 0 Å². The smallest absolute Gasteiger partial charge is 0.251 e. The molecule has 1 saturated heterocycles. The van der Waals surface area contributed by atoms with E-state index in [-0.39, 0.29) is 18.2 Å². The van der Waals surface area contributed by atoms with Gasteiger partial charge in [-0.2, -0.15) is 0 Å². The van der Waals surface area contributed by atoms with Crippen LogP contribution >= 0.6 is 27.5 Å². The number of imide groups is 1. The number of hydrogen-bond donors (Lipinski definition) is 1. The van der Waals surface area contributed by atoms with Gasteiger partial charge in [0.1, 0.15) is 0 Å². The van der Waals surface area contributed by atoms with Crippen LogP contribution < -0.4 is 10.2 Å². The quantitative estimate of drug-likeness (QED) is 0.809. The van der Waals surface area contributed by atoms with E-state index in [1.54, 1.807) is 24.3 Å². The van der Waals surface area contributed by atoms with E-state index < -0.39 is 6.04 Å². The first-order valence-electron chi connectivity index (χ1n) is 7.15. The molecule has 0 saturated carbocycles. The number of hydrogen-bond acceptors (Lipinski definition) is 3. The van der Waals surface area contributed by atoms with Gasteiger partial charge in [0.2, 0.25) is 5.91 Å². The standard InChI is InChI=1S/C17H14BrClN2O2/c18-12-3-7-14(8-4-12)21-16(22)9-15(17(21)23)20-10-11-1-5-13(19)6-2-11/h1-8,15,20H,9-10H2. The summed E-state index contributed by atoms with van der Waals surface area (Å²) in [5.41, 5.74) is 1.61. The van der Waals surface area contributed by atoms with Crippen LogP contribution in [0.1, 0.15) is 12.0 Å². The Kier molecular flexibility index (Phi) is 4.80.